The van der Waals surface area contributed by atoms with Crippen LogP contribution in [0.3, 0.4) is 0 Å². The summed E-state index contributed by atoms with van der Waals surface area (Å²) in [4.78, 5) is 23.7. The van der Waals surface area contributed by atoms with Crippen LogP contribution < -0.4 is 5.32 Å². The smallest absolute Gasteiger partial charge is 0.335 e. The minimum atomic E-state index is -0.706. The molecule has 0 aliphatic carbocycles. The van der Waals surface area contributed by atoms with Gasteiger partial charge in [0.25, 0.3) is 0 Å². The molecule has 0 fully saturated rings. The number of carbonyl (C=O) groups excluding carboxylic acids is 2. The van der Waals surface area contributed by atoms with Crippen LogP contribution in [0.2, 0.25) is 0 Å². The summed E-state index contributed by atoms with van der Waals surface area (Å²) in [7, 11) is 0. The molecule has 5 heteroatoms. The predicted octanol–water partition coefficient (Wildman–Crippen LogP) is 2.93. The number of nitrogens with one attached hydrogen (secondary N) is 1. The molecule has 1 aromatic rings. The van der Waals surface area contributed by atoms with Crippen LogP contribution in [0.25, 0.3) is 0 Å². The van der Waals surface area contributed by atoms with Gasteiger partial charge in [0.2, 0.25) is 5.91 Å². The van der Waals surface area contributed by atoms with Crippen molar-refractivity contribution >= 4 is 17.6 Å². The van der Waals surface area contributed by atoms with E-state index in [1.165, 1.54) is 0 Å². The van der Waals surface area contributed by atoms with Gasteiger partial charge in [0.1, 0.15) is 6.61 Å². The molecule has 22 heavy (non-hydrogen) atoms. The van der Waals surface area contributed by atoms with E-state index in [9.17, 15) is 9.59 Å². The van der Waals surface area contributed by atoms with Gasteiger partial charge in [-0.25, -0.2) is 4.79 Å². The second-order valence-corrected chi connectivity index (χ2v) is 5.65. The number of carbonyl (C=O) groups is 2. The van der Waals surface area contributed by atoms with E-state index in [1.807, 2.05) is 45.9 Å². The molecule has 0 radical (unpaired) electrons. The molecule has 1 rings (SSSR count). The molecule has 0 saturated heterocycles. The SMILES string of the molecule is CCC(OCC(=O)Nc1cccc(C)c1)C(=O)OCC(C)C. The van der Waals surface area contributed by atoms with E-state index in [0.717, 1.165) is 5.56 Å². The summed E-state index contributed by atoms with van der Waals surface area (Å²) in [5.41, 5.74) is 1.77. The lowest BCUT2D eigenvalue weighted by molar-refractivity contribution is -0.159. The fourth-order valence-electron chi connectivity index (χ4n) is 1.79. The number of aryl methyl sites for hydroxylation is 1. The van der Waals surface area contributed by atoms with Crippen molar-refractivity contribution in [2.75, 3.05) is 18.5 Å². The molecule has 1 atom stereocenters. The highest BCUT2D eigenvalue weighted by Crippen LogP contribution is 2.10. The number of hydrogen-bond donors (Lipinski definition) is 1. The first-order valence-electron chi connectivity index (χ1n) is 7.57. The maximum atomic E-state index is 11.8. The monoisotopic (exact) mass is 307 g/mol. The minimum Gasteiger partial charge on any atom is -0.463 e. The highest BCUT2D eigenvalue weighted by Gasteiger charge is 2.20. The first kappa shape index (κ1) is 18.2. The third-order valence-electron chi connectivity index (χ3n) is 2.91. The van der Waals surface area contributed by atoms with E-state index in [1.54, 1.807) is 6.07 Å². The molecule has 122 valence electrons. The van der Waals surface area contributed by atoms with Crippen LogP contribution in [-0.4, -0.2) is 31.2 Å². The number of anilines is 1. The van der Waals surface area contributed by atoms with Crippen molar-refractivity contribution < 1.29 is 19.1 Å². The lowest BCUT2D eigenvalue weighted by Crippen LogP contribution is -2.30. The Balaban J connectivity index is 2.42. The Morgan fingerprint density at radius 3 is 2.59 bits per heavy atom. The Labute approximate surface area is 132 Å². The summed E-state index contributed by atoms with van der Waals surface area (Å²) in [5, 5.41) is 2.74. The van der Waals surface area contributed by atoms with Crippen LogP contribution in [0, 0.1) is 12.8 Å². The van der Waals surface area contributed by atoms with Crippen molar-refractivity contribution in [1.82, 2.24) is 0 Å². The van der Waals surface area contributed by atoms with Crippen LogP contribution in [0.1, 0.15) is 32.8 Å². The summed E-state index contributed by atoms with van der Waals surface area (Å²) >= 11 is 0. The van der Waals surface area contributed by atoms with Crippen molar-refractivity contribution in [2.45, 2.75) is 40.2 Å². The van der Waals surface area contributed by atoms with Gasteiger partial charge in [-0.15, -0.1) is 0 Å². The van der Waals surface area contributed by atoms with Crippen LogP contribution in [0.5, 0.6) is 0 Å². The van der Waals surface area contributed by atoms with Gasteiger partial charge in [0, 0.05) is 5.69 Å². The molecule has 0 bridgehead atoms. The van der Waals surface area contributed by atoms with E-state index in [0.29, 0.717) is 18.7 Å². The number of ether oxygens (including phenoxy) is 2. The standard InChI is InChI=1S/C17H25NO4/c1-5-15(17(20)22-10-12(2)3)21-11-16(19)18-14-8-6-7-13(4)9-14/h6-9,12,15H,5,10-11H2,1-4H3,(H,18,19). The van der Waals surface area contributed by atoms with Gasteiger partial charge in [-0.3, -0.25) is 4.79 Å². The molecule has 0 spiro atoms. The Morgan fingerprint density at radius 1 is 1.27 bits per heavy atom. The second-order valence-electron chi connectivity index (χ2n) is 5.65. The third-order valence-corrected chi connectivity index (χ3v) is 2.91. The van der Waals surface area contributed by atoms with Crippen molar-refractivity contribution in [1.29, 1.82) is 0 Å². The van der Waals surface area contributed by atoms with Gasteiger partial charge in [0.15, 0.2) is 6.10 Å². The lowest BCUT2D eigenvalue weighted by atomic mass is 10.2. The Bertz CT molecular complexity index is 499. The zero-order chi connectivity index (χ0) is 16.5. The topological polar surface area (TPSA) is 64.6 Å². The van der Waals surface area contributed by atoms with Gasteiger partial charge in [-0.05, 0) is 37.0 Å². The summed E-state index contributed by atoms with van der Waals surface area (Å²) in [6.45, 7) is 7.87. The fourth-order valence-corrected chi connectivity index (χ4v) is 1.79. The van der Waals surface area contributed by atoms with Crippen molar-refractivity contribution in [3.63, 3.8) is 0 Å². The van der Waals surface area contributed by atoms with E-state index < -0.39 is 12.1 Å². The van der Waals surface area contributed by atoms with E-state index in [4.69, 9.17) is 9.47 Å². The molecule has 0 aliphatic heterocycles. The van der Waals surface area contributed by atoms with Gasteiger partial charge in [0.05, 0.1) is 6.61 Å². The third kappa shape index (κ3) is 6.72. The molecule has 1 aromatic carbocycles. The zero-order valence-corrected chi connectivity index (χ0v) is 13.7. The van der Waals surface area contributed by atoms with Crippen molar-refractivity contribution in [2.24, 2.45) is 5.92 Å². The lowest BCUT2D eigenvalue weighted by Gasteiger charge is -2.16. The molecule has 0 saturated carbocycles. The van der Waals surface area contributed by atoms with E-state index >= 15 is 0 Å². The maximum Gasteiger partial charge on any atom is 0.335 e. The largest absolute Gasteiger partial charge is 0.463 e. The van der Waals surface area contributed by atoms with Crippen molar-refractivity contribution in [3.05, 3.63) is 29.8 Å². The number of rotatable bonds is 8. The van der Waals surface area contributed by atoms with Crippen LogP contribution in [0.15, 0.2) is 24.3 Å². The quantitative estimate of drug-likeness (QED) is 0.750. The first-order chi connectivity index (χ1) is 10.4. The molecule has 1 unspecified atom stereocenters. The van der Waals surface area contributed by atoms with Gasteiger partial charge in [-0.2, -0.15) is 0 Å². The highest BCUT2D eigenvalue weighted by atomic mass is 16.6. The van der Waals surface area contributed by atoms with Crippen LogP contribution in [0.4, 0.5) is 5.69 Å². The fraction of sp³-hybridized carbons (Fsp3) is 0.529. The number of hydrogen-bond acceptors (Lipinski definition) is 4. The molecular weight excluding hydrogens is 282 g/mol. The highest BCUT2D eigenvalue weighted by molar-refractivity contribution is 5.92. The summed E-state index contributed by atoms with van der Waals surface area (Å²) in [6.07, 6.45) is -0.240. The van der Waals surface area contributed by atoms with Gasteiger partial charge >= 0.3 is 5.97 Å². The Morgan fingerprint density at radius 2 is 2.00 bits per heavy atom. The normalized spacial score (nSPS) is 12.0. The molecule has 1 amide bonds. The predicted molar refractivity (Wildman–Crippen MR) is 85.6 cm³/mol. The van der Waals surface area contributed by atoms with Gasteiger partial charge in [-0.1, -0.05) is 32.9 Å². The average Bonchev–Trinajstić information content (AvgIpc) is 2.45. The Hall–Kier alpha value is -1.88. The Kier molecular flexibility index (Phi) is 7.60. The summed E-state index contributed by atoms with van der Waals surface area (Å²) in [6, 6.07) is 7.49. The first-order valence-corrected chi connectivity index (χ1v) is 7.57. The molecule has 5 nitrogen and oxygen atoms in total. The number of amides is 1. The van der Waals surface area contributed by atoms with E-state index in [-0.39, 0.29) is 18.4 Å². The average molecular weight is 307 g/mol. The summed E-state index contributed by atoms with van der Waals surface area (Å²) < 4.78 is 10.5. The van der Waals surface area contributed by atoms with Crippen LogP contribution >= 0.6 is 0 Å². The molecule has 0 aromatic heterocycles. The van der Waals surface area contributed by atoms with Crippen molar-refractivity contribution in [3.8, 4) is 0 Å². The summed E-state index contributed by atoms with van der Waals surface area (Å²) in [5.74, 6) is -0.439. The molecular formula is C17H25NO4. The molecule has 1 N–H and O–H groups in total. The number of benzene rings is 1. The number of esters is 1. The zero-order valence-electron chi connectivity index (χ0n) is 13.7. The maximum absolute atomic E-state index is 11.8. The second kappa shape index (κ2) is 9.20. The van der Waals surface area contributed by atoms with Crippen LogP contribution in [-0.2, 0) is 19.1 Å². The minimum absolute atomic E-state index is 0.177. The van der Waals surface area contributed by atoms with Gasteiger partial charge < -0.3 is 14.8 Å². The van der Waals surface area contributed by atoms with E-state index in [2.05, 4.69) is 5.32 Å². The molecule has 0 heterocycles. The molecule has 0 aliphatic rings.